The van der Waals surface area contributed by atoms with Gasteiger partial charge in [-0.1, -0.05) is 40.9 Å². The van der Waals surface area contributed by atoms with E-state index in [0.29, 0.717) is 21.7 Å². The maximum atomic E-state index is 12.6. The molecule has 0 spiro atoms. The summed E-state index contributed by atoms with van der Waals surface area (Å²) in [4.78, 5) is 12.1. The first-order chi connectivity index (χ1) is 12.6. The largest absolute Gasteiger partial charge is 0.432 e. The van der Waals surface area contributed by atoms with Crippen LogP contribution in [-0.4, -0.2) is 25.9 Å². The van der Waals surface area contributed by atoms with Crippen LogP contribution in [-0.2, 0) is 12.7 Å². The van der Waals surface area contributed by atoms with Crippen molar-refractivity contribution >= 4 is 46.5 Å². The summed E-state index contributed by atoms with van der Waals surface area (Å²) in [5.74, 6) is -0.915. The van der Waals surface area contributed by atoms with Crippen molar-refractivity contribution < 1.29 is 18.0 Å². The number of anilines is 1. The average molecular weight is 439 g/mol. The molecule has 142 valence electrons. The number of aromatic nitrogens is 4. The van der Waals surface area contributed by atoms with Gasteiger partial charge in [0.2, 0.25) is 0 Å². The molecule has 27 heavy (non-hydrogen) atoms. The standard InChI is InChI=1S/C15H9Cl3F3N5O/c16-8-2-1-7(9(17)3-8)5-26-6-10(18)13(25-26)22-14(27)11-4-12(24-23-11)15(19,20)21/h1-4,6H,5H2,(H,23,24)(H,22,25,27). The fourth-order valence-electron chi connectivity index (χ4n) is 2.14. The van der Waals surface area contributed by atoms with E-state index < -0.39 is 23.5 Å². The quantitative estimate of drug-likeness (QED) is 0.609. The molecule has 1 amide bonds. The lowest BCUT2D eigenvalue weighted by Gasteiger charge is -2.05. The van der Waals surface area contributed by atoms with Crippen LogP contribution < -0.4 is 5.32 Å². The Labute approximate surface area is 165 Å². The van der Waals surface area contributed by atoms with Crippen molar-refractivity contribution in [3.05, 3.63) is 62.5 Å². The third-order valence-corrected chi connectivity index (χ3v) is 4.28. The van der Waals surface area contributed by atoms with Gasteiger partial charge < -0.3 is 5.32 Å². The number of benzene rings is 1. The van der Waals surface area contributed by atoms with Gasteiger partial charge in [-0.15, -0.1) is 0 Å². The van der Waals surface area contributed by atoms with Crippen molar-refractivity contribution in [1.29, 1.82) is 0 Å². The van der Waals surface area contributed by atoms with Crippen LogP contribution in [0.5, 0.6) is 0 Å². The summed E-state index contributed by atoms with van der Waals surface area (Å²) < 4.78 is 39.1. The summed E-state index contributed by atoms with van der Waals surface area (Å²) in [7, 11) is 0. The molecule has 0 bridgehead atoms. The molecule has 0 aliphatic heterocycles. The van der Waals surface area contributed by atoms with Crippen LogP contribution in [0.3, 0.4) is 0 Å². The first kappa shape index (κ1) is 19.5. The molecule has 6 nitrogen and oxygen atoms in total. The maximum Gasteiger partial charge on any atom is 0.432 e. The molecule has 0 saturated carbocycles. The highest BCUT2D eigenvalue weighted by atomic mass is 35.5. The first-order valence-electron chi connectivity index (χ1n) is 7.24. The van der Waals surface area contributed by atoms with Crippen molar-refractivity contribution in [2.24, 2.45) is 0 Å². The maximum absolute atomic E-state index is 12.6. The van der Waals surface area contributed by atoms with Crippen LogP contribution in [0, 0.1) is 0 Å². The summed E-state index contributed by atoms with van der Waals surface area (Å²) in [5, 5.41) is 12.5. The molecule has 0 aliphatic rings. The minimum absolute atomic E-state index is 0.0247. The lowest BCUT2D eigenvalue weighted by Crippen LogP contribution is -2.13. The minimum atomic E-state index is -4.64. The normalized spacial score (nSPS) is 11.6. The highest BCUT2D eigenvalue weighted by molar-refractivity contribution is 6.35. The zero-order valence-electron chi connectivity index (χ0n) is 13.1. The van der Waals surface area contributed by atoms with Gasteiger partial charge in [-0.3, -0.25) is 14.6 Å². The molecule has 0 atom stereocenters. The molecule has 12 heteroatoms. The van der Waals surface area contributed by atoms with Crippen LogP contribution in [0.2, 0.25) is 15.1 Å². The molecule has 0 aliphatic carbocycles. The number of hydrogen-bond acceptors (Lipinski definition) is 3. The highest BCUT2D eigenvalue weighted by Crippen LogP contribution is 2.28. The lowest BCUT2D eigenvalue weighted by molar-refractivity contribution is -0.141. The predicted octanol–water partition coefficient (Wildman–Crippen LogP) is 4.89. The van der Waals surface area contributed by atoms with Crippen LogP contribution in [0.1, 0.15) is 21.7 Å². The second kappa shape index (κ2) is 7.41. The molecule has 1 aromatic carbocycles. The van der Waals surface area contributed by atoms with Gasteiger partial charge in [0.05, 0.1) is 6.54 Å². The smallest absolute Gasteiger partial charge is 0.302 e. The van der Waals surface area contributed by atoms with Gasteiger partial charge in [0, 0.05) is 22.3 Å². The number of hydrogen-bond donors (Lipinski definition) is 2. The fourth-order valence-corrected chi connectivity index (χ4v) is 2.81. The summed E-state index contributed by atoms with van der Waals surface area (Å²) in [6.07, 6.45) is -3.20. The Balaban J connectivity index is 1.74. The SMILES string of the molecule is O=C(Nc1nn(Cc2ccc(Cl)cc2Cl)cc1Cl)c1cc(C(F)(F)F)[nH]n1. The van der Waals surface area contributed by atoms with Crippen LogP contribution in [0.25, 0.3) is 0 Å². The molecule has 2 heterocycles. The molecule has 2 N–H and O–H groups in total. The number of halogens is 6. The Bertz CT molecular complexity index is 999. The minimum Gasteiger partial charge on any atom is -0.302 e. The van der Waals surface area contributed by atoms with E-state index in [0.717, 1.165) is 0 Å². The van der Waals surface area contributed by atoms with Crippen LogP contribution >= 0.6 is 34.8 Å². The monoisotopic (exact) mass is 437 g/mol. The van der Waals surface area contributed by atoms with Gasteiger partial charge in [0.1, 0.15) is 10.7 Å². The number of amides is 1. The van der Waals surface area contributed by atoms with Gasteiger partial charge in [0.25, 0.3) is 5.91 Å². The number of carbonyl (C=O) groups is 1. The summed E-state index contributed by atoms with van der Waals surface area (Å²) in [6, 6.07) is 5.53. The van der Waals surface area contributed by atoms with E-state index in [1.165, 1.54) is 10.9 Å². The first-order valence-corrected chi connectivity index (χ1v) is 8.37. The third-order valence-electron chi connectivity index (χ3n) is 3.41. The molecule has 0 radical (unpaired) electrons. The molecule has 3 rings (SSSR count). The molecule has 0 saturated heterocycles. The Morgan fingerprint density at radius 1 is 1.19 bits per heavy atom. The van der Waals surface area contributed by atoms with Gasteiger partial charge in [0.15, 0.2) is 11.5 Å². The zero-order chi connectivity index (χ0) is 19.8. The van der Waals surface area contributed by atoms with Gasteiger partial charge in [-0.2, -0.15) is 23.4 Å². The highest BCUT2D eigenvalue weighted by Gasteiger charge is 2.34. The van der Waals surface area contributed by atoms with E-state index in [1.807, 2.05) is 0 Å². The Hall–Kier alpha value is -2.23. The van der Waals surface area contributed by atoms with Crippen LogP contribution in [0.4, 0.5) is 19.0 Å². The predicted molar refractivity (Wildman–Crippen MR) is 94.3 cm³/mol. The zero-order valence-corrected chi connectivity index (χ0v) is 15.4. The summed E-state index contributed by atoms with van der Waals surface area (Å²) in [6.45, 7) is 0.242. The fraction of sp³-hybridized carbons (Fsp3) is 0.133. The molecule has 3 aromatic rings. The van der Waals surface area contributed by atoms with Gasteiger partial charge in [-0.05, 0) is 17.7 Å². The Morgan fingerprint density at radius 3 is 2.56 bits per heavy atom. The van der Waals surface area contributed by atoms with E-state index in [-0.39, 0.29) is 17.4 Å². The summed E-state index contributed by atoms with van der Waals surface area (Å²) >= 11 is 18.0. The van der Waals surface area contributed by atoms with E-state index in [9.17, 15) is 18.0 Å². The second-order valence-corrected chi connectivity index (χ2v) is 6.63. The van der Waals surface area contributed by atoms with E-state index in [1.54, 1.807) is 23.3 Å². The number of alkyl halides is 3. The molecule has 0 fully saturated rings. The Kier molecular flexibility index (Phi) is 5.36. The molecule has 2 aromatic heterocycles. The number of nitrogens with one attached hydrogen (secondary N) is 2. The van der Waals surface area contributed by atoms with Crippen molar-refractivity contribution in [3.63, 3.8) is 0 Å². The number of carbonyl (C=O) groups excluding carboxylic acids is 1. The number of H-pyrrole nitrogens is 1. The average Bonchev–Trinajstić information content (AvgIpc) is 3.18. The molecular weight excluding hydrogens is 430 g/mol. The van der Waals surface area contributed by atoms with Crippen LogP contribution in [0.15, 0.2) is 30.5 Å². The van der Waals surface area contributed by atoms with Crippen molar-refractivity contribution in [1.82, 2.24) is 20.0 Å². The number of aromatic amines is 1. The lowest BCUT2D eigenvalue weighted by atomic mass is 10.2. The summed E-state index contributed by atoms with van der Waals surface area (Å²) in [5.41, 5.74) is -0.879. The third kappa shape index (κ3) is 4.55. The van der Waals surface area contributed by atoms with Gasteiger partial charge in [-0.25, -0.2) is 0 Å². The van der Waals surface area contributed by atoms with Crippen molar-refractivity contribution in [2.45, 2.75) is 12.7 Å². The van der Waals surface area contributed by atoms with E-state index in [2.05, 4.69) is 15.5 Å². The Morgan fingerprint density at radius 2 is 1.93 bits per heavy atom. The number of rotatable bonds is 4. The topological polar surface area (TPSA) is 75.6 Å². The molecule has 0 unspecified atom stereocenters. The van der Waals surface area contributed by atoms with E-state index in [4.69, 9.17) is 34.8 Å². The van der Waals surface area contributed by atoms with Gasteiger partial charge >= 0.3 is 6.18 Å². The van der Waals surface area contributed by atoms with Crippen molar-refractivity contribution in [2.75, 3.05) is 5.32 Å². The van der Waals surface area contributed by atoms with Crippen molar-refractivity contribution in [3.8, 4) is 0 Å². The van der Waals surface area contributed by atoms with E-state index >= 15 is 0 Å². The number of nitrogens with zero attached hydrogens (tertiary/aromatic N) is 3. The second-order valence-electron chi connectivity index (χ2n) is 5.38. The molecular formula is C15H9Cl3F3N5O.